The number of methoxy groups -OCH3 is 1. The minimum Gasteiger partial charge on any atom is -0.497 e. The Kier molecular flexibility index (Phi) is 6.89. The van der Waals surface area contributed by atoms with E-state index in [1.165, 1.54) is 24.8 Å². The van der Waals surface area contributed by atoms with Gasteiger partial charge >= 0.3 is 0 Å². The summed E-state index contributed by atoms with van der Waals surface area (Å²) >= 11 is 0. The highest BCUT2D eigenvalue weighted by molar-refractivity contribution is 5.34. The van der Waals surface area contributed by atoms with Crippen LogP contribution in [0.15, 0.2) is 54.6 Å². The Hall–Kier alpha value is -1.88. The quantitative estimate of drug-likeness (QED) is 0.668. The Morgan fingerprint density at radius 3 is 2.52 bits per heavy atom. The van der Waals surface area contributed by atoms with Crippen LogP contribution < -0.4 is 15.8 Å². The van der Waals surface area contributed by atoms with Crippen LogP contribution >= 0.6 is 0 Å². The minimum atomic E-state index is -0.588. The molecule has 0 spiro atoms. The van der Waals surface area contributed by atoms with Gasteiger partial charge in [-0.15, -0.1) is 0 Å². The van der Waals surface area contributed by atoms with E-state index in [9.17, 15) is 5.11 Å². The molecule has 1 aliphatic carbocycles. The summed E-state index contributed by atoms with van der Waals surface area (Å²) in [5.74, 6) is 0.876. The molecule has 0 saturated heterocycles. The smallest absolute Gasteiger partial charge is 0.119 e. The number of nitrogens with one attached hydrogen (secondary N) is 1. The number of ether oxygens (including phenoxy) is 1. The minimum absolute atomic E-state index is 0.111. The maximum atomic E-state index is 10.7. The second kappa shape index (κ2) is 9.36. The molecule has 0 heterocycles. The number of nitrogens with two attached hydrogens (primary N) is 1. The molecule has 1 aliphatic rings. The Morgan fingerprint density at radius 1 is 1.07 bits per heavy atom. The van der Waals surface area contributed by atoms with Crippen LogP contribution in [0.4, 0.5) is 0 Å². The third-order valence-corrected chi connectivity index (χ3v) is 5.79. The van der Waals surface area contributed by atoms with Gasteiger partial charge in [0, 0.05) is 18.1 Å². The molecule has 1 fully saturated rings. The van der Waals surface area contributed by atoms with E-state index in [0.29, 0.717) is 13.0 Å². The first-order chi connectivity index (χ1) is 13.1. The summed E-state index contributed by atoms with van der Waals surface area (Å²) in [6.45, 7) is 0.491. The first-order valence-electron chi connectivity index (χ1n) is 10.00. The molecule has 0 amide bonds. The summed E-state index contributed by atoms with van der Waals surface area (Å²) in [7, 11) is 1.70. The van der Waals surface area contributed by atoms with Gasteiger partial charge in [-0.1, -0.05) is 61.7 Å². The fourth-order valence-electron chi connectivity index (χ4n) is 4.12. The molecular weight excluding hydrogens is 336 g/mol. The molecular formula is C23H32N2O2. The zero-order valence-electron chi connectivity index (χ0n) is 16.2. The standard InChI is InChI=1S/C23H32N2O2/c1-27-20-12-8-11-19(16-20)23(13-6-3-7-14-23)25-17-22(26)21(24)15-18-9-4-2-5-10-18/h2,4-5,8-12,16,21-22,25-26H,3,6-7,13-15,17,24H2,1H3/t21-,22+/m0/s1. The number of aliphatic hydroxyl groups excluding tert-OH is 1. The topological polar surface area (TPSA) is 67.5 Å². The predicted octanol–water partition coefficient (Wildman–Crippen LogP) is 3.38. The normalized spacial score (nSPS) is 18.6. The molecule has 0 unspecified atom stereocenters. The lowest BCUT2D eigenvalue weighted by atomic mass is 9.76. The first-order valence-corrected chi connectivity index (χ1v) is 10.00. The van der Waals surface area contributed by atoms with Crippen LogP contribution in [-0.4, -0.2) is 30.9 Å². The maximum Gasteiger partial charge on any atom is 0.119 e. The predicted molar refractivity (Wildman–Crippen MR) is 110 cm³/mol. The van der Waals surface area contributed by atoms with Gasteiger partial charge in [-0.2, -0.15) is 0 Å². The summed E-state index contributed by atoms with van der Waals surface area (Å²) < 4.78 is 5.42. The van der Waals surface area contributed by atoms with E-state index in [-0.39, 0.29) is 11.6 Å². The SMILES string of the molecule is COc1cccc(C2(NC[C@@H](O)[C@@H](N)Cc3ccccc3)CCCCC2)c1. The van der Waals surface area contributed by atoms with Crippen molar-refractivity contribution >= 4 is 0 Å². The second-order valence-corrected chi connectivity index (χ2v) is 7.68. The third kappa shape index (κ3) is 5.10. The number of hydrogen-bond donors (Lipinski definition) is 3. The Labute approximate surface area is 162 Å². The molecule has 0 aromatic heterocycles. The lowest BCUT2D eigenvalue weighted by molar-refractivity contribution is 0.116. The largest absolute Gasteiger partial charge is 0.497 e. The van der Waals surface area contributed by atoms with Gasteiger partial charge in [-0.25, -0.2) is 0 Å². The van der Waals surface area contributed by atoms with Crippen molar-refractivity contribution in [3.63, 3.8) is 0 Å². The molecule has 4 nitrogen and oxygen atoms in total. The van der Waals surface area contributed by atoms with Gasteiger partial charge in [0.1, 0.15) is 5.75 Å². The number of aliphatic hydroxyl groups is 1. The van der Waals surface area contributed by atoms with Crippen molar-refractivity contribution in [2.24, 2.45) is 5.73 Å². The summed E-state index contributed by atoms with van der Waals surface area (Å²) in [6.07, 6.45) is 5.88. The van der Waals surface area contributed by atoms with Gasteiger partial charge in [0.15, 0.2) is 0 Å². The van der Waals surface area contributed by atoms with E-state index < -0.39 is 6.10 Å². The highest BCUT2D eigenvalue weighted by Crippen LogP contribution is 2.38. The van der Waals surface area contributed by atoms with Crippen molar-refractivity contribution in [3.05, 3.63) is 65.7 Å². The maximum absolute atomic E-state index is 10.7. The molecule has 4 N–H and O–H groups in total. The number of benzene rings is 2. The van der Waals surface area contributed by atoms with Gasteiger partial charge in [0.2, 0.25) is 0 Å². The van der Waals surface area contributed by atoms with Crippen molar-refractivity contribution in [1.82, 2.24) is 5.32 Å². The van der Waals surface area contributed by atoms with Crippen molar-refractivity contribution in [1.29, 1.82) is 0 Å². The second-order valence-electron chi connectivity index (χ2n) is 7.68. The monoisotopic (exact) mass is 368 g/mol. The van der Waals surface area contributed by atoms with Crippen LogP contribution in [0.2, 0.25) is 0 Å². The molecule has 3 rings (SSSR count). The average Bonchev–Trinajstić information content (AvgIpc) is 2.73. The number of rotatable bonds is 8. The van der Waals surface area contributed by atoms with Crippen molar-refractivity contribution in [2.45, 2.75) is 56.2 Å². The lowest BCUT2D eigenvalue weighted by Crippen LogP contribution is -2.51. The highest BCUT2D eigenvalue weighted by Gasteiger charge is 2.34. The molecule has 2 aromatic rings. The van der Waals surface area contributed by atoms with E-state index in [0.717, 1.165) is 24.2 Å². The molecule has 1 saturated carbocycles. The fraction of sp³-hybridized carbons (Fsp3) is 0.478. The van der Waals surface area contributed by atoms with Gasteiger partial charge in [-0.05, 0) is 42.5 Å². The molecule has 27 heavy (non-hydrogen) atoms. The van der Waals surface area contributed by atoms with E-state index in [1.807, 2.05) is 30.3 Å². The summed E-state index contributed by atoms with van der Waals surface area (Å²) in [5.41, 5.74) is 8.57. The Balaban J connectivity index is 1.67. The van der Waals surface area contributed by atoms with Crippen LogP contribution in [0.3, 0.4) is 0 Å². The Morgan fingerprint density at radius 2 is 1.81 bits per heavy atom. The summed E-state index contributed by atoms with van der Waals surface area (Å²) in [4.78, 5) is 0. The molecule has 0 bridgehead atoms. The number of hydrogen-bond acceptors (Lipinski definition) is 4. The molecule has 2 atom stereocenters. The Bertz CT molecular complexity index is 699. The van der Waals surface area contributed by atoms with Gasteiger partial charge in [0.25, 0.3) is 0 Å². The zero-order chi connectivity index (χ0) is 19.1. The van der Waals surface area contributed by atoms with Crippen molar-refractivity contribution in [2.75, 3.05) is 13.7 Å². The average molecular weight is 369 g/mol. The van der Waals surface area contributed by atoms with Crippen LogP contribution in [0.5, 0.6) is 5.75 Å². The molecule has 0 aliphatic heterocycles. The third-order valence-electron chi connectivity index (χ3n) is 5.79. The van der Waals surface area contributed by atoms with Gasteiger partial charge in [-0.3, -0.25) is 0 Å². The van der Waals surface area contributed by atoms with Crippen LogP contribution in [0, 0.1) is 0 Å². The van der Waals surface area contributed by atoms with Crippen molar-refractivity contribution < 1.29 is 9.84 Å². The van der Waals surface area contributed by atoms with Crippen molar-refractivity contribution in [3.8, 4) is 5.75 Å². The first kappa shape index (κ1) is 19.9. The van der Waals surface area contributed by atoms with E-state index in [1.54, 1.807) is 7.11 Å². The van der Waals surface area contributed by atoms with E-state index in [2.05, 4.69) is 29.6 Å². The van der Waals surface area contributed by atoms with Crippen LogP contribution in [0.1, 0.15) is 43.2 Å². The summed E-state index contributed by atoms with van der Waals surface area (Å²) in [5, 5.41) is 14.3. The summed E-state index contributed by atoms with van der Waals surface area (Å²) in [6, 6.07) is 18.1. The zero-order valence-corrected chi connectivity index (χ0v) is 16.2. The van der Waals surface area contributed by atoms with Crippen LogP contribution in [-0.2, 0) is 12.0 Å². The molecule has 0 radical (unpaired) electrons. The lowest BCUT2D eigenvalue weighted by Gasteiger charge is -2.40. The van der Waals surface area contributed by atoms with E-state index >= 15 is 0 Å². The highest BCUT2D eigenvalue weighted by atomic mass is 16.5. The molecule has 2 aromatic carbocycles. The molecule has 146 valence electrons. The molecule has 4 heteroatoms. The van der Waals surface area contributed by atoms with Crippen LogP contribution in [0.25, 0.3) is 0 Å². The van der Waals surface area contributed by atoms with E-state index in [4.69, 9.17) is 10.5 Å². The van der Waals surface area contributed by atoms with Gasteiger partial charge < -0.3 is 20.9 Å². The fourth-order valence-corrected chi connectivity index (χ4v) is 4.12. The van der Waals surface area contributed by atoms with Gasteiger partial charge in [0.05, 0.1) is 13.2 Å².